The second kappa shape index (κ2) is 10.6. The molecule has 1 aliphatic heterocycles. The van der Waals surface area contributed by atoms with E-state index in [-0.39, 0.29) is 11.4 Å². The highest BCUT2D eigenvalue weighted by molar-refractivity contribution is 5.93. The Hall–Kier alpha value is -2.86. The van der Waals surface area contributed by atoms with Crippen molar-refractivity contribution in [3.05, 3.63) is 70.8 Å². The van der Waals surface area contributed by atoms with Gasteiger partial charge in [0.2, 0.25) is 0 Å². The summed E-state index contributed by atoms with van der Waals surface area (Å²) in [7, 11) is 3.53. The predicted molar refractivity (Wildman–Crippen MR) is 132 cm³/mol. The maximum absolute atomic E-state index is 12.1. The number of nitrogens with one attached hydrogen (secondary N) is 2. The quantitative estimate of drug-likeness (QED) is 0.518. The second-order valence-corrected chi connectivity index (χ2v) is 9.20. The molecule has 3 rings (SSSR count). The number of carbonyl (C=O) groups is 1. The topological polar surface area (TPSA) is 60.0 Å². The van der Waals surface area contributed by atoms with Crippen LogP contribution in [-0.2, 0) is 19.5 Å². The standard InChI is InChI=1S/C26H37N5O/c1-6-27-25(28-17-20-11-13-22(14-12-20)24(32)30(4)5)29-19-26(2,3)31-16-15-21-9-7-8-10-23(21)18-31/h7-14H,6,15-19H2,1-5H3,(H2,27,28,29). The first-order valence-electron chi connectivity index (χ1n) is 11.4. The van der Waals surface area contributed by atoms with Gasteiger partial charge >= 0.3 is 0 Å². The zero-order valence-corrected chi connectivity index (χ0v) is 20.1. The summed E-state index contributed by atoms with van der Waals surface area (Å²) < 4.78 is 0. The Morgan fingerprint density at radius 2 is 1.75 bits per heavy atom. The van der Waals surface area contributed by atoms with Gasteiger partial charge in [-0.3, -0.25) is 9.69 Å². The lowest BCUT2D eigenvalue weighted by atomic mass is 9.94. The molecule has 2 aromatic rings. The Bertz CT molecular complexity index is 933. The highest BCUT2D eigenvalue weighted by Crippen LogP contribution is 2.24. The zero-order chi connectivity index (χ0) is 23.1. The Morgan fingerprint density at radius 1 is 1.06 bits per heavy atom. The molecule has 1 amide bonds. The van der Waals surface area contributed by atoms with Crippen LogP contribution in [0.15, 0.2) is 53.5 Å². The van der Waals surface area contributed by atoms with Gasteiger partial charge in [0.25, 0.3) is 5.91 Å². The molecule has 0 saturated carbocycles. The molecule has 0 fully saturated rings. The molecule has 32 heavy (non-hydrogen) atoms. The van der Waals surface area contributed by atoms with Crippen LogP contribution in [0.5, 0.6) is 0 Å². The van der Waals surface area contributed by atoms with E-state index in [0.29, 0.717) is 12.1 Å². The maximum atomic E-state index is 12.1. The van der Waals surface area contributed by atoms with Crippen LogP contribution in [0.25, 0.3) is 0 Å². The van der Waals surface area contributed by atoms with Crippen molar-refractivity contribution in [1.29, 1.82) is 0 Å². The normalized spacial score (nSPS) is 14.6. The summed E-state index contributed by atoms with van der Waals surface area (Å²) >= 11 is 0. The average molecular weight is 436 g/mol. The third-order valence-electron chi connectivity index (χ3n) is 6.05. The summed E-state index contributed by atoms with van der Waals surface area (Å²) in [6.45, 7) is 10.9. The minimum absolute atomic E-state index is 0.00207. The number of guanidine groups is 1. The first-order chi connectivity index (χ1) is 15.3. The molecule has 0 saturated heterocycles. The third-order valence-corrected chi connectivity index (χ3v) is 6.05. The predicted octanol–water partition coefficient (Wildman–Crippen LogP) is 3.28. The van der Waals surface area contributed by atoms with Crippen molar-refractivity contribution in [3.63, 3.8) is 0 Å². The molecular weight excluding hydrogens is 398 g/mol. The number of amides is 1. The maximum Gasteiger partial charge on any atom is 0.253 e. The van der Waals surface area contributed by atoms with Gasteiger partial charge in [0.15, 0.2) is 5.96 Å². The number of rotatable bonds is 7. The smallest absolute Gasteiger partial charge is 0.253 e. The molecule has 172 valence electrons. The molecule has 0 aliphatic carbocycles. The lowest BCUT2D eigenvalue weighted by molar-refractivity contribution is 0.0827. The fourth-order valence-corrected chi connectivity index (χ4v) is 3.95. The number of hydrogen-bond donors (Lipinski definition) is 2. The molecule has 1 heterocycles. The van der Waals surface area contributed by atoms with Crippen molar-refractivity contribution >= 4 is 11.9 Å². The molecule has 6 heteroatoms. The van der Waals surface area contributed by atoms with Gasteiger partial charge in [-0.2, -0.15) is 0 Å². The van der Waals surface area contributed by atoms with Crippen molar-refractivity contribution in [2.45, 2.75) is 45.8 Å². The highest BCUT2D eigenvalue weighted by atomic mass is 16.2. The van der Waals surface area contributed by atoms with Crippen LogP contribution in [0.2, 0.25) is 0 Å². The van der Waals surface area contributed by atoms with Gasteiger partial charge in [0.05, 0.1) is 6.54 Å². The number of fused-ring (bicyclic) bond motifs is 1. The van der Waals surface area contributed by atoms with E-state index in [2.05, 4.69) is 60.6 Å². The minimum atomic E-state index is -0.00207. The van der Waals surface area contributed by atoms with E-state index >= 15 is 0 Å². The van der Waals surface area contributed by atoms with Crippen molar-refractivity contribution in [2.75, 3.05) is 33.7 Å². The van der Waals surface area contributed by atoms with Crippen LogP contribution in [0.1, 0.15) is 47.8 Å². The van der Waals surface area contributed by atoms with Gasteiger partial charge in [-0.15, -0.1) is 0 Å². The van der Waals surface area contributed by atoms with E-state index in [4.69, 9.17) is 4.99 Å². The number of aliphatic imine (C=N–C) groups is 1. The number of carbonyl (C=O) groups excluding carboxylic acids is 1. The summed E-state index contributed by atoms with van der Waals surface area (Å²) in [5.41, 5.74) is 4.67. The first-order valence-corrected chi connectivity index (χ1v) is 11.4. The van der Waals surface area contributed by atoms with Gasteiger partial charge in [-0.1, -0.05) is 36.4 Å². The Kier molecular flexibility index (Phi) is 7.91. The molecule has 2 N–H and O–H groups in total. The van der Waals surface area contributed by atoms with Gasteiger partial charge in [-0.25, -0.2) is 4.99 Å². The van der Waals surface area contributed by atoms with Gasteiger partial charge in [-0.05, 0) is 56.0 Å². The monoisotopic (exact) mass is 435 g/mol. The highest BCUT2D eigenvalue weighted by Gasteiger charge is 2.29. The van der Waals surface area contributed by atoms with E-state index in [1.807, 2.05) is 24.3 Å². The molecule has 6 nitrogen and oxygen atoms in total. The fourth-order valence-electron chi connectivity index (χ4n) is 3.95. The molecule has 0 spiro atoms. The summed E-state index contributed by atoms with van der Waals surface area (Å²) in [5.74, 6) is 0.823. The summed E-state index contributed by atoms with van der Waals surface area (Å²) in [6.07, 6.45) is 1.10. The van der Waals surface area contributed by atoms with Crippen molar-refractivity contribution in [2.24, 2.45) is 4.99 Å². The van der Waals surface area contributed by atoms with Crippen LogP contribution in [-0.4, -0.2) is 60.9 Å². The SMILES string of the molecule is CCNC(=NCc1ccc(C(=O)N(C)C)cc1)NCC(C)(C)N1CCc2ccccc2C1. The van der Waals surface area contributed by atoms with Crippen molar-refractivity contribution in [1.82, 2.24) is 20.4 Å². The van der Waals surface area contributed by atoms with Crippen LogP contribution in [0.3, 0.4) is 0 Å². The average Bonchev–Trinajstić information content (AvgIpc) is 2.80. The third kappa shape index (κ3) is 6.10. The lowest BCUT2D eigenvalue weighted by Gasteiger charge is -2.42. The van der Waals surface area contributed by atoms with E-state index in [9.17, 15) is 4.79 Å². The summed E-state index contributed by atoms with van der Waals surface area (Å²) in [4.78, 5) is 21.0. The van der Waals surface area contributed by atoms with Crippen LogP contribution >= 0.6 is 0 Å². The Labute approximate surface area is 192 Å². The zero-order valence-electron chi connectivity index (χ0n) is 20.1. The molecule has 0 aromatic heterocycles. The lowest BCUT2D eigenvalue weighted by Crippen LogP contribution is -2.54. The van der Waals surface area contributed by atoms with Crippen LogP contribution in [0.4, 0.5) is 0 Å². The van der Waals surface area contributed by atoms with E-state index in [0.717, 1.165) is 44.1 Å². The van der Waals surface area contributed by atoms with Gasteiger partial charge in [0.1, 0.15) is 0 Å². The van der Waals surface area contributed by atoms with E-state index in [1.165, 1.54) is 11.1 Å². The van der Waals surface area contributed by atoms with E-state index in [1.54, 1.807) is 19.0 Å². The van der Waals surface area contributed by atoms with Gasteiger partial charge in [0, 0.05) is 51.4 Å². The van der Waals surface area contributed by atoms with Gasteiger partial charge < -0.3 is 15.5 Å². The second-order valence-electron chi connectivity index (χ2n) is 9.20. The summed E-state index contributed by atoms with van der Waals surface area (Å²) in [6, 6.07) is 16.4. The van der Waals surface area contributed by atoms with E-state index < -0.39 is 0 Å². The first kappa shape index (κ1) is 23.8. The van der Waals surface area contributed by atoms with Crippen molar-refractivity contribution < 1.29 is 4.79 Å². The Morgan fingerprint density at radius 3 is 2.41 bits per heavy atom. The minimum Gasteiger partial charge on any atom is -0.357 e. The number of nitrogens with zero attached hydrogens (tertiary/aromatic N) is 3. The fraction of sp³-hybridized carbons (Fsp3) is 0.462. The molecule has 0 atom stereocenters. The molecule has 0 bridgehead atoms. The molecule has 2 aromatic carbocycles. The van der Waals surface area contributed by atoms with Crippen molar-refractivity contribution in [3.8, 4) is 0 Å². The number of benzene rings is 2. The summed E-state index contributed by atoms with van der Waals surface area (Å²) in [5, 5.41) is 6.88. The largest absolute Gasteiger partial charge is 0.357 e. The molecule has 0 radical (unpaired) electrons. The number of hydrogen-bond acceptors (Lipinski definition) is 3. The molecule has 0 unspecified atom stereocenters. The molecular formula is C26H37N5O. The van der Waals surface area contributed by atoms with Crippen LogP contribution < -0.4 is 10.6 Å². The van der Waals surface area contributed by atoms with Crippen LogP contribution in [0, 0.1) is 0 Å². The Balaban J connectivity index is 1.60. The molecule has 1 aliphatic rings.